The number of hydrogen-bond acceptors (Lipinski definition) is 0. The van der Waals surface area contributed by atoms with Gasteiger partial charge >= 0.3 is 6.18 Å². The number of fused-ring (bicyclic) bond motifs is 1. The van der Waals surface area contributed by atoms with Gasteiger partial charge in [0, 0.05) is 20.7 Å². The number of hydrogen-bond donors (Lipinski definition) is 1. The van der Waals surface area contributed by atoms with E-state index in [1.807, 2.05) is 22.6 Å². The molecule has 1 aromatic heterocycles. The third-order valence-electron chi connectivity index (χ3n) is 1.96. The molecule has 0 saturated heterocycles. The van der Waals surface area contributed by atoms with Gasteiger partial charge < -0.3 is 4.98 Å². The molecule has 0 radical (unpaired) electrons. The molecular weight excluding hydrogens is 306 g/mol. The average Bonchev–Trinajstić information content (AvgIpc) is 2.46. The summed E-state index contributed by atoms with van der Waals surface area (Å²) in [5.74, 6) is 0. The molecular formula is C9H5F3IN. The smallest absolute Gasteiger partial charge is 0.360 e. The van der Waals surface area contributed by atoms with Crippen molar-refractivity contribution in [2.45, 2.75) is 6.18 Å². The van der Waals surface area contributed by atoms with Crippen LogP contribution in [-0.4, -0.2) is 4.98 Å². The quantitative estimate of drug-likeness (QED) is 0.713. The summed E-state index contributed by atoms with van der Waals surface area (Å²) in [5.41, 5.74) is 0.116. The van der Waals surface area contributed by atoms with Crippen LogP contribution >= 0.6 is 22.6 Å². The van der Waals surface area contributed by atoms with Crippen molar-refractivity contribution >= 4 is 33.5 Å². The molecule has 1 aromatic carbocycles. The Bertz CT molecular complexity index is 472. The number of nitrogens with one attached hydrogen (secondary N) is 1. The lowest BCUT2D eigenvalue weighted by Crippen LogP contribution is -2.04. The molecule has 1 N–H and O–H groups in total. The summed E-state index contributed by atoms with van der Waals surface area (Å²) in [5, 5.41) is 0.612. The highest BCUT2D eigenvalue weighted by Gasteiger charge is 2.30. The van der Waals surface area contributed by atoms with Gasteiger partial charge in [-0.3, -0.25) is 0 Å². The number of halogens is 4. The van der Waals surface area contributed by atoms with E-state index in [1.54, 1.807) is 6.20 Å². The van der Waals surface area contributed by atoms with E-state index in [-0.39, 0.29) is 0 Å². The average molecular weight is 311 g/mol. The van der Waals surface area contributed by atoms with Crippen LogP contribution in [0.5, 0.6) is 0 Å². The van der Waals surface area contributed by atoms with Crippen molar-refractivity contribution in [1.82, 2.24) is 4.98 Å². The molecule has 0 amide bonds. The molecule has 0 saturated carbocycles. The fourth-order valence-electron chi connectivity index (χ4n) is 1.26. The van der Waals surface area contributed by atoms with E-state index in [0.29, 0.717) is 5.39 Å². The minimum absolute atomic E-state index is 0.609. The van der Waals surface area contributed by atoms with Crippen molar-refractivity contribution in [2.24, 2.45) is 0 Å². The maximum absolute atomic E-state index is 12.3. The van der Waals surface area contributed by atoms with Crippen LogP contribution in [0.15, 0.2) is 24.4 Å². The zero-order valence-electron chi connectivity index (χ0n) is 6.82. The first kappa shape index (κ1) is 9.82. The van der Waals surface area contributed by atoms with Crippen LogP contribution in [-0.2, 0) is 6.18 Å². The molecule has 0 aliphatic rings. The molecule has 0 bridgehead atoms. The Kier molecular flexibility index (Phi) is 2.21. The van der Waals surface area contributed by atoms with Crippen molar-refractivity contribution in [3.63, 3.8) is 0 Å². The predicted molar refractivity (Wildman–Crippen MR) is 56.0 cm³/mol. The van der Waals surface area contributed by atoms with E-state index in [0.717, 1.165) is 21.2 Å². The summed E-state index contributed by atoms with van der Waals surface area (Å²) in [6.45, 7) is 0. The van der Waals surface area contributed by atoms with Gasteiger partial charge in [0.1, 0.15) is 0 Å². The largest absolute Gasteiger partial charge is 0.416 e. The molecule has 0 spiro atoms. The van der Waals surface area contributed by atoms with E-state index in [4.69, 9.17) is 0 Å². The second-order valence-corrected chi connectivity index (χ2v) is 4.06. The summed E-state index contributed by atoms with van der Waals surface area (Å²) in [7, 11) is 0. The Morgan fingerprint density at radius 2 is 1.93 bits per heavy atom. The zero-order valence-corrected chi connectivity index (χ0v) is 8.98. The molecule has 0 fully saturated rings. The summed E-state index contributed by atoms with van der Waals surface area (Å²) in [6.07, 6.45) is -2.58. The Morgan fingerprint density at radius 1 is 1.21 bits per heavy atom. The maximum atomic E-state index is 12.3. The molecule has 0 aliphatic carbocycles. The first-order valence-corrected chi connectivity index (χ1v) is 4.90. The molecule has 2 aromatic rings. The van der Waals surface area contributed by atoms with Gasteiger partial charge in [-0.2, -0.15) is 13.2 Å². The molecule has 0 unspecified atom stereocenters. The topological polar surface area (TPSA) is 15.8 Å². The SMILES string of the molecule is FC(F)(F)c1ccc2[nH]cc(I)c2c1. The van der Waals surface area contributed by atoms with Gasteiger partial charge in [0.25, 0.3) is 0 Å². The molecule has 0 aliphatic heterocycles. The molecule has 2 rings (SSSR count). The van der Waals surface area contributed by atoms with E-state index >= 15 is 0 Å². The third kappa shape index (κ3) is 1.60. The highest BCUT2D eigenvalue weighted by Crippen LogP contribution is 2.32. The summed E-state index contributed by atoms with van der Waals surface area (Å²) >= 11 is 2.00. The highest BCUT2D eigenvalue weighted by atomic mass is 127. The van der Waals surface area contributed by atoms with E-state index in [2.05, 4.69) is 4.98 Å². The highest BCUT2D eigenvalue weighted by molar-refractivity contribution is 14.1. The van der Waals surface area contributed by atoms with Crippen molar-refractivity contribution in [3.05, 3.63) is 33.5 Å². The Hall–Kier alpha value is -0.720. The lowest BCUT2D eigenvalue weighted by Gasteiger charge is -2.05. The lowest BCUT2D eigenvalue weighted by atomic mass is 10.1. The Morgan fingerprint density at radius 3 is 2.57 bits per heavy atom. The van der Waals surface area contributed by atoms with E-state index in [9.17, 15) is 13.2 Å². The monoisotopic (exact) mass is 311 g/mol. The number of aromatic amines is 1. The van der Waals surface area contributed by atoms with Crippen LogP contribution in [0.25, 0.3) is 10.9 Å². The minimum atomic E-state index is -4.27. The van der Waals surface area contributed by atoms with Crippen molar-refractivity contribution in [1.29, 1.82) is 0 Å². The molecule has 0 atom stereocenters. The number of aromatic nitrogens is 1. The van der Waals surface area contributed by atoms with Gasteiger partial charge in [-0.25, -0.2) is 0 Å². The zero-order chi connectivity index (χ0) is 10.3. The van der Waals surface area contributed by atoms with Crippen LogP contribution < -0.4 is 0 Å². The molecule has 14 heavy (non-hydrogen) atoms. The second-order valence-electron chi connectivity index (χ2n) is 2.89. The van der Waals surface area contributed by atoms with Gasteiger partial charge in [0.15, 0.2) is 0 Å². The van der Waals surface area contributed by atoms with Crippen LogP contribution in [0.3, 0.4) is 0 Å². The number of alkyl halides is 3. The van der Waals surface area contributed by atoms with E-state index in [1.165, 1.54) is 6.07 Å². The van der Waals surface area contributed by atoms with E-state index < -0.39 is 11.7 Å². The van der Waals surface area contributed by atoms with Crippen LogP contribution in [0.2, 0.25) is 0 Å². The van der Waals surface area contributed by atoms with Gasteiger partial charge in [0.05, 0.1) is 5.56 Å². The summed E-state index contributed by atoms with van der Waals surface area (Å²) in [6, 6.07) is 3.68. The standard InChI is InChI=1S/C9H5F3IN/c10-9(11,12)5-1-2-8-6(3-5)7(13)4-14-8/h1-4,14H. The summed E-state index contributed by atoms with van der Waals surface area (Å²) < 4.78 is 37.8. The first-order valence-electron chi connectivity index (χ1n) is 3.82. The Labute approximate surface area is 91.4 Å². The van der Waals surface area contributed by atoms with Gasteiger partial charge in [0.2, 0.25) is 0 Å². The molecule has 74 valence electrons. The number of benzene rings is 1. The van der Waals surface area contributed by atoms with Gasteiger partial charge in [-0.05, 0) is 40.8 Å². The van der Waals surface area contributed by atoms with Crippen LogP contribution in [0.1, 0.15) is 5.56 Å². The van der Waals surface area contributed by atoms with Crippen molar-refractivity contribution in [3.8, 4) is 0 Å². The maximum Gasteiger partial charge on any atom is 0.416 e. The Balaban J connectivity index is 2.66. The molecule has 5 heteroatoms. The first-order chi connectivity index (χ1) is 6.48. The normalized spacial score (nSPS) is 12.3. The molecule has 1 nitrogen and oxygen atoms in total. The lowest BCUT2D eigenvalue weighted by molar-refractivity contribution is -0.137. The fraction of sp³-hybridized carbons (Fsp3) is 0.111. The van der Waals surface area contributed by atoms with Gasteiger partial charge in [-0.1, -0.05) is 0 Å². The fourth-order valence-corrected chi connectivity index (χ4v) is 1.86. The van der Waals surface area contributed by atoms with Crippen molar-refractivity contribution in [2.75, 3.05) is 0 Å². The molecule has 1 heterocycles. The predicted octanol–water partition coefficient (Wildman–Crippen LogP) is 3.79. The second kappa shape index (κ2) is 3.15. The summed E-state index contributed by atoms with van der Waals surface area (Å²) in [4.78, 5) is 2.89. The van der Waals surface area contributed by atoms with Crippen LogP contribution in [0.4, 0.5) is 13.2 Å². The third-order valence-corrected chi connectivity index (χ3v) is 2.85. The number of H-pyrrole nitrogens is 1. The van der Waals surface area contributed by atoms with Crippen LogP contribution in [0, 0.1) is 3.57 Å². The van der Waals surface area contributed by atoms with Crippen molar-refractivity contribution < 1.29 is 13.2 Å². The van der Waals surface area contributed by atoms with Gasteiger partial charge in [-0.15, -0.1) is 0 Å². The number of rotatable bonds is 0. The minimum Gasteiger partial charge on any atom is -0.360 e.